The number of hydrogen-bond donors (Lipinski definition) is 2. The highest BCUT2D eigenvalue weighted by molar-refractivity contribution is 5.71. The molecule has 0 bridgehead atoms. The zero-order chi connectivity index (χ0) is 15.7. The van der Waals surface area contributed by atoms with E-state index >= 15 is 0 Å². The molecule has 1 atom stereocenters. The monoisotopic (exact) mass is 307 g/mol. The van der Waals surface area contributed by atoms with Crippen LogP contribution in [0.5, 0.6) is 0 Å². The maximum absolute atomic E-state index is 12.3. The molecule has 3 heterocycles. The van der Waals surface area contributed by atoms with E-state index in [9.17, 15) is 9.59 Å². The number of aromatic nitrogens is 4. The largest absolute Gasteiger partial charge is 0.383 e. The Labute approximate surface area is 127 Å². The average molecular weight is 307 g/mol. The summed E-state index contributed by atoms with van der Waals surface area (Å²) in [6, 6.07) is 0.137. The molecular formula is C14H21N5O3. The molecule has 0 spiro atoms. The van der Waals surface area contributed by atoms with E-state index in [0.29, 0.717) is 30.9 Å². The lowest BCUT2D eigenvalue weighted by molar-refractivity contribution is 0.187. The first-order valence-electron chi connectivity index (χ1n) is 7.63. The van der Waals surface area contributed by atoms with Crippen LogP contribution in [0.2, 0.25) is 0 Å². The second kappa shape index (κ2) is 6.05. The Morgan fingerprint density at radius 1 is 1.36 bits per heavy atom. The number of hydrogen-bond acceptors (Lipinski definition) is 5. The van der Waals surface area contributed by atoms with Crippen LogP contribution in [-0.2, 0) is 17.8 Å². The van der Waals surface area contributed by atoms with Crippen molar-refractivity contribution in [3.8, 4) is 0 Å². The fourth-order valence-corrected chi connectivity index (χ4v) is 3.07. The number of methoxy groups -OCH3 is 1. The van der Waals surface area contributed by atoms with E-state index in [-0.39, 0.29) is 11.6 Å². The SMILES string of the molecule is CCn1c(C2CCCN2)nc2c1c(=O)[nH]c(=O)n2CCOC. The number of ether oxygens (including phenoxy) is 1. The number of nitrogens with zero attached hydrogens (tertiary/aromatic N) is 3. The van der Waals surface area contributed by atoms with Gasteiger partial charge in [0.1, 0.15) is 5.82 Å². The Kier molecular flexibility index (Phi) is 4.12. The average Bonchev–Trinajstić information content (AvgIpc) is 3.13. The van der Waals surface area contributed by atoms with Crippen LogP contribution in [-0.4, -0.2) is 39.4 Å². The molecule has 0 amide bonds. The van der Waals surface area contributed by atoms with Gasteiger partial charge in [-0.15, -0.1) is 0 Å². The predicted molar refractivity (Wildman–Crippen MR) is 82.1 cm³/mol. The van der Waals surface area contributed by atoms with Crippen molar-refractivity contribution in [2.75, 3.05) is 20.3 Å². The molecule has 1 fully saturated rings. The minimum atomic E-state index is -0.443. The van der Waals surface area contributed by atoms with E-state index in [2.05, 4.69) is 15.3 Å². The second-order valence-corrected chi connectivity index (χ2v) is 5.44. The van der Waals surface area contributed by atoms with Gasteiger partial charge in [-0.2, -0.15) is 0 Å². The van der Waals surface area contributed by atoms with Crippen molar-refractivity contribution in [1.82, 2.24) is 24.4 Å². The molecule has 22 heavy (non-hydrogen) atoms. The van der Waals surface area contributed by atoms with E-state index in [1.807, 2.05) is 11.5 Å². The summed E-state index contributed by atoms with van der Waals surface area (Å²) in [6.45, 7) is 4.31. The van der Waals surface area contributed by atoms with E-state index < -0.39 is 5.69 Å². The van der Waals surface area contributed by atoms with Gasteiger partial charge in [-0.25, -0.2) is 9.78 Å². The molecular weight excluding hydrogens is 286 g/mol. The van der Waals surface area contributed by atoms with Crippen molar-refractivity contribution in [3.05, 3.63) is 26.7 Å². The molecule has 1 aliphatic heterocycles. The Balaban J connectivity index is 2.24. The van der Waals surface area contributed by atoms with Gasteiger partial charge in [0, 0.05) is 13.7 Å². The number of imidazole rings is 1. The topological polar surface area (TPSA) is 93.9 Å². The molecule has 2 N–H and O–H groups in total. The van der Waals surface area contributed by atoms with Gasteiger partial charge in [-0.3, -0.25) is 14.3 Å². The summed E-state index contributed by atoms with van der Waals surface area (Å²) in [5, 5.41) is 3.40. The van der Waals surface area contributed by atoms with E-state index in [1.54, 1.807) is 7.11 Å². The number of aryl methyl sites for hydroxylation is 1. The van der Waals surface area contributed by atoms with Crippen molar-refractivity contribution >= 4 is 11.2 Å². The Bertz CT molecular complexity index is 782. The standard InChI is InChI=1S/C14H21N5O3/c1-3-18-10-12(16-11(18)9-5-4-6-15-9)19(7-8-22-2)14(21)17-13(10)20/h9,15H,3-8H2,1-2H3,(H,17,20,21). The minimum absolute atomic E-state index is 0.137. The molecule has 0 saturated carbocycles. The molecule has 120 valence electrons. The molecule has 1 saturated heterocycles. The van der Waals surface area contributed by atoms with Crippen LogP contribution in [0.15, 0.2) is 9.59 Å². The van der Waals surface area contributed by atoms with Crippen LogP contribution >= 0.6 is 0 Å². The van der Waals surface area contributed by atoms with Gasteiger partial charge in [0.15, 0.2) is 11.2 Å². The van der Waals surface area contributed by atoms with Crippen LogP contribution in [0.3, 0.4) is 0 Å². The summed E-state index contributed by atoms with van der Waals surface area (Å²) in [6.07, 6.45) is 2.08. The van der Waals surface area contributed by atoms with Gasteiger partial charge < -0.3 is 14.6 Å². The van der Waals surface area contributed by atoms with Gasteiger partial charge in [0.05, 0.1) is 19.2 Å². The maximum Gasteiger partial charge on any atom is 0.330 e. The van der Waals surface area contributed by atoms with Crippen molar-refractivity contribution in [1.29, 1.82) is 0 Å². The molecule has 8 heteroatoms. The third kappa shape index (κ3) is 2.38. The van der Waals surface area contributed by atoms with Crippen LogP contribution in [0.4, 0.5) is 0 Å². The Morgan fingerprint density at radius 3 is 2.82 bits per heavy atom. The lowest BCUT2D eigenvalue weighted by Crippen LogP contribution is -2.32. The summed E-state index contributed by atoms with van der Waals surface area (Å²) in [4.78, 5) is 31.3. The molecule has 2 aromatic rings. The van der Waals surface area contributed by atoms with Gasteiger partial charge in [0.2, 0.25) is 0 Å². The zero-order valence-corrected chi connectivity index (χ0v) is 12.9. The third-order valence-electron chi connectivity index (χ3n) is 4.12. The second-order valence-electron chi connectivity index (χ2n) is 5.44. The van der Waals surface area contributed by atoms with Crippen LogP contribution < -0.4 is 16.6 Å². The van der Waals surface area contributed by atoms with Gasteiger partial charge in [0.25, 0.3) is 5.56 Å². The fraction of sp³-hybridized carbons (Fsp3) is 0.643. The predicted octanol–water partition coefficient (Wildman–Crippen LogP) is -0.0229. The molecule has 1 aliphatic rings. The molecule has 3 rings (SSSR count). The molecule has 0 radical (unpaired) electrons. The molecule has 8 nitrogen and oxygen atoms in total. The number of rotatable bonds is 5. The first-order chi connectivity index (χ1) is 10.7. The van der Waals surface area contributed by atoms with Gasteiger partial charge >= 0.3 is 5.69 Å². The maximum atomic E-state index is 12.3. The third-order valence-corrected chi connectivity index (χ3v) is 4.12. The highest BCUT2D eigenvalue weighted by Gasteiger charge is 2.25. The minimum Gasteiger partial charge on any atom is -0.383 e. The number of H-pyrrole nitrogens is 1. The summed E-state index contributed by atoms with van der Waals surface area (Å²) >= 11 is 0. The smallest absolute Gasteiger partial charge is 0.330 e. The van der Waals surface area contributed by atoms with E-state index in [1.165, 1.54) is 4.57 Å². The molecule has 0 aliphatic carbocycles. The first kappa shape index (κ1) is 15.0. The van der Waals surface area contributed by atoms with Crippen molar-refractivity contribution in [3.63, 3.8) is 0 Å². The quantitative estimate of drug-likeness (QED) is 0.809. The van der Waals surface area contributed by atoms with Crippen molar-refractivity contribution < 1.29 is 4.74 Å². The number of fused-ring (bicyclic) bond motifs is 1. The van der Waals surface area contributed by atoms with E-state index in [4.69, 9.17) is 4.74 Å². The highest BCUT2D eigenvalue weighted by Crippen LogP contribution is 2.24. The van der Waals surface area contributed by atoms with E-state index in [0.717, 1.165) is 25.2 Å². The summed E-state index contributed by atoms with van der Waals surface area (Å²) in [7, 11) is 1.58. The Hall–Kier alpha value is -1.93. The normalized spacial score (nSPS) is 18.4. The van der Waals surface area contributed by atoms with Crippen LogP contribution in [0, 0.1) is 0 Å². The van der Waals surface area contributed by atoms with Crippen molar-refractivity contribution in [2.24, 2.45) is 0 Å². The fourth-order valence-electron chi connectivity index (χ4n) is 3.07. The zero-order valence-electron chi connectivity index (χ0n) is 12.9. The van der Waals surface area contributed by atoms with Gasteiger partial charge in [-0.05, 0) is 26.3 Å². The lowest BCUT2D eigenvalue weighted by atomic mass is 10.2. The summed E-state index contributed by atoms with van der Waals surface area (Å²) in [5.41, 5.74) is 0.0757. The van der Waals surface area contributed by atoms with Crippen molar-refractivity contribution in [2.45, 2.75) is 38.9 Å². The lowest BCUT2D eigenvalue weighted by Gasteiger charge is -2.11. The first-order valence-corrected chi connectivity index (χ1v) is 7.63. The molecule has 0 aromatic carbocycles. The summed E-state index contributed by atoms with van der Waals surface area (Å²) < 4.78 is 8.42. The number of nitrogens with one attached hydrogen (secondary N) is 2. The van der Waals surface area contributed by atoms with Crippen LogP contribution in [0.1, 0.15) is 31.6 Å². The Morgan fingerprint density at radius 2 is 2.18 bits per heavy atom. The molecule has 2 aromatic heterocycles. The van der Waals surface area contributed by atoms with Gasteiger partial charge in [-0.1, -0.05) is 0 Å². The van der Waals surface area contributed by atoms with Crippen LogP contribution in [0.25, 0.3) is 11.2 Å². The molecule has 1 unspecified atom stereocenters. The summed E-state index contributed by atoms with van der Waals surface area (Å²) in [5.74, 6) is 0.831. The highest BCUT2D eigenvalue weighted by atomic mass is 16.5. The number of aromatic amines is 1.